The van der Waals surface area contributed by atoms with Crippen molar-refractivity contribution in [3.05, 3.63) is 18.2 Å². The summed E-state index contributed by atoms with van der Waals surface area (Å²) in [5.74, 6) is 0.894. The zero-order chi connectivity index (χ0) is 8.10. The van der Waals surface area contributed by atoms with Crippen molar-refractivity contribution < 1.29 is 5.11 Å². The van der Waals surface area contributed by atoms with Gasteiger partial charge in [0.25, 0.3) is 0 Å². The summed E-state index contributed by atoms with van der Waals surface area (Å²) in [4.78, 5) is 6.98. The van der Waals surface area contributed by atoms with Gasteiger partial charge in [0.15, 0.2) is 0 Å². The zero-order valence-corrected chi connectivity index (χ0v) is 6.54. The van der Waals surface area contributed by atoms with Crippen LogP contribution in [0.1, 0.15) is 12.7 Å². The monoisotopic (exact) mass is 155 g/mol. The van der Waals surface area contributed by atoms with Crippen LogP contribution in [0.4, 0.5) is 0 Å². The Balaban J connectivity index is 2.23. The summed E-state index contributed by atoms with van der Waals surface area (Å²) < 4.78 is 0. The average molecular weight is 155 g/mol. The second-order valence-corrected chi connectivity index (χ2v) is 2.50. The van der Waals surface area contributed by atoms with E-state index in [9.17, 15) is 0 Å². The molecule has 3 N–H and O–H groups in total. The first-order chi connectivity index (χ1) is 5.33. The molecule has 0 aliphatic rings. The molecule has 1 heterocycles. The Morgan fingerprint density at radius 2 is 2.64 bits per heavy atom. The van der Waals surface area contributed by atoms with E-state index in [1.54, 1.807) is 12.4 Å². The van der Waals surface area contributed by atoms with E-state index in [2.05, 4.69) is 15.3 Å². The number of aromatic nitrogens is 2. The molecule has 11 heavy (non-hydrogen) atoms. The van der Waals surface area contributed by atoms with E-state index in [1.807, 2.05) is 6.92 Å². The second-order valence-electron chi connectivity index (χ2n) is 2.50. The Labute approximate surface area is 65.7 Å². The van der Waals surface area contributed by atoms with E-state index >= 15 is 0 Å². The maximum atomic E-state index is 8.67. The fourth-order valence-corrected chi connectivity index (χ4v) is 0.730. The van der Waals surface area contributed by atoms with Crippen LogP contribution in [-0.2, 0) is 6.54 Å². The number of aliphatic hydroxyl groups excluding tert-OH is 1. The number of hydrogen-bond acceptors (Lipinski definition) is 3. The molecule has 0 amide bonds. The highest BCUT2D eigenvalue weighted by Crippen LogP contribution is 1.88. The number of rotatable bonds is 4. The molecule has 1 atom stereocenters. The lowest BCUT2D eigenvalue weighted by Crippen LogP contribution is -2.29. The Bertz CT molecular complexity index is 186. The van der Waals surface area contributed by atoms with Crippen LogP contribution in [0.5, 0.6) is 0 Å². The minimum absolute atomic E-state index is 0.125. The highest BCUT2D eigenvalue weighted by atomic mass is 16.3. The molecule has 62 valence electrons. The van der Waals surface area contributed by atoms with Gasteiger partial charge in [0.05, 0.1) is 13.2 Å². The van der Waals surface area contributed by atoms with Crippen molar-refractivity contribution in [3.8, 4) is 0 Å². The molecular formula is C7H13N3O. The average Bonchev–Trinajstić information content (AvgIpc) is 2.52. The Kier molecular flexibility index (Phi) is 3.07. The van der Waals surface area contributed by atoms with Crippen molar-refractivity contribution in [1.82, 2.24) is 15.3 Å². The van der Waals surface area contributed by atoms with Crippen molar-refractivity contribution in [2.75, 3.05) is 6.61 Å². The minimum atomic E-state index is 0.125. The molecule has 0 saturated carbocycles. The summed E-state index contributed by atoms with van der Waals surface area (Å²) >= 11 is 0. The highest BCUT2D eigenvalue weighted by Gasteiger charge is 1.98. The summed E-state index contributed by atoms with van der Waals surface area (Å²) in [6, 6.07) is 0.125. The topological polar surface area (TPSA) is 60.9 Å². The van der Waals surface area contributed by atoms with Gasteiger partial charge in [-0.05, 0) is 6.92 Å². The zero-order valence-electron chi connectivity index (χ0n) is 6.54. The predicted molar refractivity (Wildman–Crippen MR) is 42.0 cm³/mol. The van der Waals surface area contributed by atoms with Crippen molar-refractivity contribution in [2.45, 2.75) is 19.5 Å². The van der Waals surface area contributed by atoms with Crippen LogP contribution in [0.15, 0.2) is 12.4 Å². The van der Waals surface area contributed by atoms with Gasteiger partial charge in [-0.2, -0.15) is 0 Å². The van der Waals surface area contributed by atoms with Crippen LogP contribution in [0, 0.1) is 0 Å². The first-order valence-corrected chi connectivity index (χ1v) is 3.65. The number of imidazole rings is 1. The van der Waals surface area contributed by atoms with Crippen molar-refractivity contribution in [3.63, 3.8) is 0 Å². The molecule has 1 aromatic rings. The Morgan fingerprint density at radius 3 is 3.18 bits per heavy atom. The van der Waals surface area contributed by atoms with Crippen LogP contribution in [0.25, 0.3) is 0 Å². The van der Waals surface area contributed by atoms with Gasteiger partial charge in [-0.1, -0.05) is 0 Å². The maximum absolute atomic E-state index is 8.67. The first kappa shape index (κ1) is 8.23. The number of aromatic amines is 1. The van der Waals surface area contributed by atoms with E-state index in [1.165, 1.54) is 0 Å². The summed E-state index contributed by atoms with van der Waals surface area (Å²) in [6.07, 6.45) is 3.49. The number of nitrogens with one attached hydrogen (secondary N) is 2. The predicted octanol–water partition coefficient (Wildman–Crippen LogP) is -0.120. The standard InChI is InChI=1S/C7H13N3O/c1-6(5-11)10-4-7-8-2-3-9-7/h2-3,6,10-11H,4-5H2,1H3,(H,8,9)/t6-/m1/s1. The van der Waals surface area contributed by atoms with Crippen molar-refractivity contribution in [2.24, 2.45) is 0 Å². The van der Waals surface area contributed by atoms with Gasteiger partial charge in [-0.25, -0.2) is 4.98 Å². The van der Waals surface area contributed by atoms with Crippen LogP contribution in [-0.4, -0.2) is 27.7 Å². The summed E-state index contributed by atoms with van der Waals surface area (Å²) in [6.45, 7) is 2.75. The van der Waals surface area contributed by atoms with E-state index in [0.717, 1.165) is 5.82 Å². The fraction of sp³-hybridized carbons (Fsp3) is 0.571. The molecule has 1 aromatic heterocycles. The van der Waals surface area contributed by atoms with Crippen molar-refractivity contribution in [1.29, 1.82) is 0 Å². The highest BCUT2D eigenvalue weighted by molar-refractivity contribution is 4.86. The van der Waals surface area contributed by atoms with Gasteiger partial charge in [0, 0.05) is 18.4 Å². The van der Waals surface area contributed by atoms with Crippen LogP contribution < -0.4 is 5.32 Å². The molecule has 0 aliphatic carbocycles. The third-order valence-electron chi connectivity index (χ3n) is 1.45. The molecule has 4 nitrogen and oxygen atoms in total. The number of aliphatic hydroxyl groups is 1. The molecule has 0 aliphatic heterocycles. The summed E-state index contributed by atoms with van der Waals surface area (Å²) in [7, 11) is 0. The molecule has 0 bridgehead atoms. The second kappa shape index (κ2) is 4.10. The summed E-state index contributed by atoms with van der Waals surface area (Å²) in [5, 5.41) is 11.8. The normalized spacial score (nSPS) is 13.3. The van der Waals surface area contributed by atoms with E-state index in [4.69, 9.17) is 5.11 Å². The molecule has 0 fully saturated rings. The molecule has 0 spiro atoms. The molecule has 1 rings (SSSR count). The quantitative estimate of drug-likeness (QED) is 0.568. The molecule has 0 unspecified atom stereocenters. The van der Waals surface area contributed by atoms with Gasteiger partial charge >= 0.3 is 0 Å². The van der Waals surface area contributed by atoms with E-state index in [-0.39, 0.29) is 12.6 Å². The third-order valence-corrected chi connectivity index (χ3v) is 1.45. The van der Waals surface area contributed by atoms with Crippen LogP contribution in [0.3, 0.4) is 0 Å². The Morgan fingerprint density at radius 1 is 1.82 bits per heavy atom. The first-order valence-electron chi connectivity index (χ1n) is 3.65. The lowest BCUT2D eigenvalue weighted by Gasteiger charge is -2.07. The van der Waals surface area contributed by atoms with Gasteiger partial charge in [0.2, 0.25) is 0 Å². The van der Waals surface area contributed by atoms with E-state index < -0.39 is 0 Å². The van der Waals surface area contributed by atoms with Crippen LogP contribution in [0.2, 0.25) is 0 Å². The largest absolute Gasteiger partial charge is 0.395 e. The molecule has 0 aromatic carbocycles. The SMILES string of the molecule is C[C@H](CO)NCc1ncc[nH]1. The summed E-state index contributed by atoms with van der Waals surface area (Å²) in [5.41, 5.74) is 0. The van der Waals surface area contributed by atoms with Crippen LogP contribution >= 0.6 is 0 Å². The Hall–Kier alpha value is -0.870. The maximum Gasteiger partial charge on any atom is 0.120 e. The molecule has 0 saturated heterocycles. The van der Waals surface area contributed by atoms with Crippen molar-refractivity contribution >= 4 is 0 Å². The van der Waals surface area contributed by atoms with Gasteiger partial charge in [0.1, 0.15) is 5.82 Å². The number of hydrogen-bond donors (Lipinski definition) is 3. The number of nitrogens with zero attached hydrogens (tertiary/aromatic N) is 1. The van der Waals surface area contributed by atoms with Gasteiger partial charge in [-0.3, -0.25) is 0 Å². The van der Waals surface area contributed by atoms with E-state index in [0.29, 0.717) is 6.54 Å². The molecule has 4 heteroatoms. The molecule has 0 radical (unpaired) electrons. The van der Waals surface area contributed by atoms with Gasteiger partial charge < -0.3 is 15.4 Å². The fourth-order valence-electron chi connectivity index (χ4n) is 0.730. The lowest BCUT2D eigenvalue weighted by molar-refractivity contribution is 0.250. The third kappa shape index (κ3) is 2.69. The molecular weight excluding hydrogens is 142 g/mol. The van der Waals surface area contributed by atoms with Gasteiger partial charge in [-0.15, -0.1) is 0 Å². The smallest absolute Gasteiger partial charge is 0.120 e. The lowest BCUT2D eigenvalue weighted by atomic mass is 10.3. The number of H-pyrrole nitrogens is 1. The minimum Gasteiger partial charge on any atom is -0.395 e.